The highest BCUT2D eigenvalue weighted by atomic mass is 14.9. The summed E-state index contributed by atoms with van der Waals surface area (Å²) in [5.74, 6) is 0. The second kappa shape index (κ2) is 7.72. The number of nitrogens with two attached hydrogens (primary N) is 1. The number of aliphatic imine (C=N–C) groups is 2. The van der Waals surface area contributed by atoms with Crippen LogP contribution in [0.3, 0.4) is 0 Å². The number of nitrogens with zero attached hydrogens (tertiary/aromatic N) is 3. The number of aromatic nitrogens is 1. The summed E-state index contributed by atoms with van der Waals surface area (Å²) in [5.41, 5.74) is 13.6. The predicted molar refractivity (Wildman–Crippen MR) is 123 cm³/mol. The molecule has 0 unspecified atom stereocenters. The van der Waals surface area contributed by atoms with Crippen LogP contribution >= 0.6 is 0 Å². The molecule has 0 fully saturated rings. The van der Waals surface area contributed by atoms with Gasteiger partial charge in [0.25, 0.3) is 0 Å². The van der Waals surface area contributed by atoms with E-state index in [0.717, 1.165) is 56.7 Å². The van der Waals surface area contributed by atoms with Gasteiger partial charge in [-0.15, -0.1) is 0 Å². The molecule has 0 aliphatic carbocycles. The Morgan fingerprint density at radius 3 is 2.83 bits per heavy atom. The minimum absolute atomic E-state index is 0.789. The van der Waals surface area contributed by atoms with Crippen LogP contribution in [-0.2, 0) is 6.42 Å². The van der Waals surface area contributed by atoms with Gasteiger partial charge in [0.15, 0.2) is 0 Å². The van der Waals surface area contributed by atoms with E-state index in [1.54, 1.807) is 13.3 Å². The number of pyridine rings is 1. The second-order valence-electron chi connectivity index (χ2n) is 6.88. The molecule has 0 saturated carbocycles. The van der Waals surface area contributed by atoms with Crippen LogP contribution < -0.4 is 11.1 Å². The Morgan fingerprint density at radius 2 is 2.07 bits per heavy atom. The van der Waals surface area contributed by atoms with E-state index in [9.17, 15) is 0 Å². The third-order valence-corrected chi connectivity index (χ3v) is 5.17. The molecule has 0 bridgehead atoms. The highest BCUT2D eigenvalue weighted by molar-refractivity contribution is 6.15. The van der Waals surface area contributed by atoms with Crippen LogP contribution in [0, 0.1) is 0 Å². The largest absolute Gasteiger partial charge is 0.404 e. The molecule has 4 rings (SSSR count). The molecule has 0 spiro atoms. The first-order chi connectivity index (χ1) is 14.2. The standard InChI is InChI=1S/C24H23N5/c1-15(27-3)19-8-5-7-17-11-23(29-24(17)19)20-9-4-6-16-10-22(28-14-21(16)20)18(12-25)13-26-2/h4-10,12-14,27H,1,11,25H2,2-3H3. The van der Waals surface area contributed by atoms with Crippen molar-refractivity contribution in [2.24, 2.45) is 15.7 Å². The molecule has 1 aliphatic heterocycles. The number of hydrogen-bond acceptors (Lipinski definition) is 5. The summed E-state index contributed by atoms with van der Waals surface area (Å²) >= 11 is 0. The van der Waals surface area contributed by atoms with E-state index >= 15 is 0 Å². The minimum Gasteiger partial charge on any atom is -0.404 e. The van der Waals surface area contributed by atoms with Crippen LogP contribution in [0.5, 0.6) is 0 Å². The van der Waals surface area contributed by atoms with Gasteiger partial charge in [0.1, 0.15) is 0 Å². The normalized spacial score (nSPS) is 13.6. The van der Waals surface area contributed by atoms with Gasteiger partial charge in [-0.25, -0.2) is 0 Å². The molecule has 2 heterocycles. The molecule has 1 aromatic heterocycles. The van der Waals surface area contributed by atoms with Crippen LogP contribution in [-0.4, -0.2) is 31.0 Å². The van der Waals surface area contributed by atoms with Gasteiger partial charge in [-0.2, -0.15) is 0 Å². The van der Waals surface area contributed by atoms with E-state index in [1.165, 1.54) is 11.8 Å². The SMILES string of the molecule is C=C(NC)c1cccc2c1N=C(c1cccc3cc(C(C=NC)=CN)ncc13)C2. The Balaban J connectivity index is 1.80. The summed E-state index contributed by atoms with van der Waals surface area (Å²) in [5, 5.41) is 5.29. The van der Waals surface area contributed by atoms with E-state index < -0.39 is 0 Å². The Bertz CT molecular complexity index is 1200. The lowest BCUT2D eigenvalue weighted by Crippen LogP contribution is -2.03. The fraction of sp³-hybridized carbons (Fsp3) is 0.125. The van der Waals surface area contributed by atoms with Gasteiger partial charge in [-0.1, -0.05) is 43.0 Å². The van der Waals surface area contributed by atoms with Crippen LogP contribution in [0.25, 0.3) is 22.0 Å². The summed E-state index contributed by atoms with van der Waals surface area (Å²) < 4.78 is 0. The Morgan fingerprint density at radius 1 is 1.24 bits per heavy atom. The lowest BCUT2D eigenvalue weighted by molar-refractivity contribution is 1.13. The fourth-order valence-electron chi connectivity index (χ4n) is 3.67. The number of para-hydroxylation sites is 1. The highest BCUT2D eigenvalue weighted by Crippen LogP contribution is 2.36. The molecule has 0 saturated heterocycles. The molecule has 1 aliphatic rings. The lowest BCUT2D eigenvalue weighted by Gasteiger charge is -2.08. The molecule has 2 aromatic carbocycles. The molecule has 0 atom stereocenters. The highest BCUT2D eigenvalue weighted by Gasteiger charge is 2.21. The Kier molecular flexibility index (Phi) is 4.96. The van der Waals surface area contributed by atoms with Crippen molar-refractivity contribution in [1.82, 2.24) is 10.3 Å². The zero-order chi connectivity index (χ0) is 20.4. The van der Waals surface area contributed by atoms with Crippen molar-refractivity contribution in [1.29, 1.82) is 0 Å². The topological polar surface area (TPSA) is 75.7 Å². The Hall–Kier alpha value is -3.73. The second-order valence-corrected chi connectivity index (χ2v) is 6.88. The van der Waals surface area contributed by atoms with Crippen LogP contribution in [0.4, 0.5) is 5.69 Å². The van der Waals surface area contributed by atoms with Gasteiger partial charge < -0.3 is 11.1 Å². The van der Waals surface area contributed by atoms with Gasteiger partial charge in [-0.05, 0) is 17.0 Å². The quantitative estimate of drug-likeness (QED) is 0.653. The summed E-state index contributed by atoms with van der Waals surface area (Å²) in [7, 11) is 3.60. The van der Waals surface area contributed by atoms with E-state index in [0.29, 0.717) is 0 Å². The average molecular weight is 381 g/mol. The molecular weight excluding hydrogens is 358 g/mol. The van der Waals surface area contributed by atoms with Crippen molar-refractivity contribution >= 4 is 39.7 Å². The number of benzene rings is 2. The molecule has 3 aromatic rings. The van der Waals surface area contributed by atoms with Crippen molar-refractivity contribution in [3.05, 3.63) is 83.8 Å². The molecule has 5 nitrogen and oxygen atoms in total. The maximum Gasteiger partial charge on any atom is 0.0762 e. The Labute approximate surface area is 170 Å². The van der Waals surface area contributed by atoms with Crippen LogP contribution in [0.1, 0.15) is 22.4 Å². The van der Waals surface area contributed by atoms with E-state index in [-0.39, 0.29) is 0 Å². The lowest BCUT2D eigenvalue weighted by atomic mass is 9.97. The minimum atomic E-state index is 0.789. The third-order valence-electron chi connectivity index (χ3n) is 5.17. The van der Waals surface area contributed by atoms with Gasteiger partial charge in [0.05, 0.1) is 17.1 Å². The van der Waals surface area contributed by atoms with Crippen LogP contribution in [0.15, 0.2) is 71.4 Å². The van der Waals surface area contributed by atoms with E-state index in [4.69, 9.17) is 10.7 Å². The fourth-order valence-corrected chi connectivity index (χ4v) is 3.67. The first kappa shape index (κ1) is 18.6. The van der Waals surface area contributed by atoms with E-state index in [2.05, 4.69) is 58.3 Å². The van der Waals surface area contributed by atoms with Gasteiger partial charge >= 0.3 is 0 Å². The molecule has 144 valence electrons. The van der Waals surface area contributed by atoms with Crippen molar-refractivity contribution in [2.75, 3.05) is 14.1 Å². The maximum atomic E-state index is 5.74. The maximum absolute atomic E-state index is 5.74. The molecule has 5 heteroatoms. The average Bonchev–Trinajstić information content (AvgIpc) is 3.20. The number of nitrogens with one attached hydrogen (secondary N) is 1. The molecule has 0 radical (unpaired) electrons. The summed E-state index contributed by atoms with van der Waals surface area (Å²) in [6.45, 7) is 4.10. The third kappa shape index (κ3) is 3.31. The van der Waals surface area contributed by atoms with Gasteiger partial charge in [0.2, 0.25) is 0 Å². The zero-order valence-electron chi connectivity index (χ0n) is 16.6. The van der Waals surface area contributed by atoms with E-state index in [1.807, 2.05) is 19.3 Å². The zero-order valence-corrected chi connectivity index (χ0v) is 16.6. The molecule has 29 heavy (non-hydrogen) atoms. The summed E-state index contributed by atoms with van der Waals surface area (Å²) in [4.78, 5) is 13.6. The summed E-state index contributed by atoms with van der Waals surface area (Å²) in [6, 6.07) is 14.5. The van der Waals surface area contributed by atoms with Crippen molar-refractivity contribution in [3.63, 3.8) is 0 Å². The monoisotopic (exact) mass is 381 g/mol. The van der Waals surface area contributed by atoms with Crippen molar-refractivity contribution in [3.8, 4) is 0 Å². The van der Waals surface area contributed by atoms with Crippen molar-refractivity contribution in [2.45, 2.75) is 6.42 Å². The van der Waals surface area contributed by atoms with Crippen LogP contribution in [0.2, 0.25) is 0 Å². The van der Waals surface area contributed by atoms with Crippen molar-refractivity contribution < 1.29 is 0 Å². The number of allylic oxidation sites excluding steroid dienone is 1. The first-order valence-electron chi connectivity index (χ1n) is 9.46. The number of hydrogen-bond donors (Lipinski definition) is 2. The molecular formula is C24H23N5. The molecule has 3 N–H and O–H groups in total. The smallest absolute Gasteiger partial charge is 0.0762 e. The summed E-state index contributed by atoms with van der Waals surface area (Å²) in [6.07, 6.45) is 5.92. The predicted octanol–water partition coefficient (Wildman–Crippen LogP) is 4.10. The number of rotatable bonds is 5. The number of fused-ring (bicyclic) bond motifs is 2. The van der Waals surface area contributed by atoms with Gasteiger partial charge in [0, 0.05) is 66.9 Å². The molecule has 0 amide bonds. The van der Waals surface area contributed by atoms with Gasteiger partial charge in [-0.3, -0.25) is 15.0 Å². The first-order valence-corrected chi connectivity index (χ1v) is 9.46.